The second kappa shape index (κ2) is 14.4. The van der Waals surface area contributed by atoms with Gasteiger partial charge in [0.15, 0.2) is 0 Å². The predicted molar refractivity (Wildman–Crippen MR) is 233 cm³/mol. The van der Waals surface area contributed by atoms with E-state index in [0.29, 0.717) is 55.9 Å². The summed E-state index contributed by atoms with van der Waals surface area (Å²) < 4.78 is 48.2. The second-order valence-electron chi connectivity index (χ2n) is 14.8. The first-order valence-electron chi connectivity index (χ1n) is 19.3. The molecule has 62 heavy (non-hydrogen) atoms. The van der Waals surface area contributed by atoms with Gasteiger partial charge in [0, 0.05) is 45.1 Å². The Morgan fingerprint density at radius 1 is 0.419 bits per heavy atom. The maximum absolute atomic E-state index is 14.7. The number of aromatic nitrogens is 3. The molecule has 0 aliphatic heterocycles. The van der Waals surface area contributed by atoms with Crippen LogP contribution in [0.1, 0.15) is 27.8 Å². The molecule has 3 heterocycles. The van der Waals surface area contributed by atoms with Gasteiger partial charge >= 0.3 is 6.18 Å². The summed E-state index contributed by atoms with van der Waals surface area (Å²) in [6.07, 6.45) is -1.43. The van der Waals surface area contributed by atoms with Crippen molar-refractivity contribution in [1.82, 2.24) is 14.1 Å². The van der Waals surface area contributed by atoms with Gasteiger partial charge in [-0.25, -0.2) is 0 Å². The summed E-state index contributed by atoms with van der Waals surface area (Å²) in [4.78, 5) is 4.49. The van der Waals surface area contributed by atoms with Gasteiger partial charge in [0.2, 0.25) is 0 Å². The molecule has 0 aliphatic carbocycles. The third-order valence-electron chi connectivity index (χ3n) is 11.3. The molecule has 10 aromatic rings. The first-order chi connectivity index (χ1) is 30.2. The number of pyridine rings is 1. The molecular formula is C52H26F3N7. The third-order valence-corrected chi connectivity index (χ3v) is 11.3. The van der Waals surface area contributed by atoms with E-state index in [9.17, 15) is 34.2 Å². The monoisotopic (exact) mass is 805 g/mol. The highest BCUT2D eigenvalue weighted by Gasteiger charge is 2.32. The minimum absolute atomic E-state index is 0.301. The smallest absolute Gasteiger partial charge is 0.309 e. The van der Waals surface area contributed by atoms with Crippen molar-refractivity contribution in [2.75, 3.05) is 0 Å². The Morgan fingerprint density at radius 2 is 0.871 bits per heavy atom. The molecule has 7 aromatic carbocycles. The number of rotatable bonds is 5. The lowest BCUT2D eigenvalue weighted by Gasteiger charge is -2.20. The van der Waals surface area contributed by atoms with E-state index in [0.717, 1.165) is 60.8 Å². The summed E-state index contributed by atoms with van der Waals surface area (Å²) in [7, 11) is 0. The second-order valence-corrected chi connectivity index (χ2v) is 14.8. The summed E-state index contributed by atoms with van der Waals surface area (Å²) in [6, 6.07) is 51.3. The quantitative estimate of drug-likeness (QED) is 0.172. The zero-order chi connectivity index (χ0) is 42.7. The summed E-state index contributed by atoms with van der Waals surface area (Å²) in [5, 5.41) is 42.2. The average molecular weight is 806 g/mol. The van der Waals surface area contributed by atoms with E-state index >= 15 is 0 Å². The van der Waals surface area contributed by atoms with Crippen LogP contribution in [0.4, 0.5) is 13.2 Å². The number of hydrogen-bond donors (Lipinski definition) is 0. The molecule has 0 fully saturated rings. The number of halogens is 3. The van der Waals surface area contributed by atoms with Gasteiger partial charge in [-0.05, 0) is 119 Å². The molecule has 10 heteroatoms. The van der Waals surface area contributed by atoms with Crippen molar-refractivity contribution in [3.8, 4) is 69.0 Å². The van der Waals surface area contributed by atoms with Crippen molar-refractivity contribution < 1.29 is 13.2 Å². The van der Waals surface area contributed by atoms with Crippen LogP contribution in [-0.4, -0.2) is 14.1 Å². The normalized spacial score (nSPS) is 11.4. The molecule has 0 bridgehead atoms. The molecule has 0 aliphatic rings. The molecule has 0 N–H and O–H groups in total. The summed E-state index contributed by atoms with van der Waals surface area (Å²) in [5.74, 6) is 0. The SMILES string of the molecule is N#Cc1cc(C#N)cc(-c2ccc3c(c2)c2ccccc2n3-c2ccncc2-c2cc(C(F)(F)F)ccc2-n2c3ccccc3c3cc(-c4cc(C#N)cc(C#N)c4)ccc32)c1. The molecule has 10 rings (SSSR count). The molecule has 0 radical (unpaired) electrons. The maximum Gasteiger partial charge on any atom is 0.416 e. The molecular weight excluding hydrogens is 780 g/mol. The summed E-state index contributed by atoms with van der Waals surface area (Å²) in [6.45, 7) is 0. The number of benzene rings is 7. The Labute approximate surface area is 351 Å². The van der Waals surface area contributed by atoms with Gasteiger partial charge in [-0.3, -0.25) is 4.98 Å². The van der Waals surface area contributed by atoms with Crippen LogP contribution in [-0.2, 0) is 6.18 Å². The Balaban J connectivity index is 1.22. The maximum atomic E-state index is 14.7. The van der Waals surface area contributed by atoms with E-state index in [4.69, 9.17) is 0 Å². The highest BCUT2D eigenvalue weighted by molar-refractivity contribution is 6.12. The van der Waals surface area contributed by atoms with Crippen molar-refractivity contribution in [3.63, 3.8) is 0 Å². The van der Waals surface area contributed by atoms with Crippen LogP contribution in [0.3, 0.4) is 0 Å². The number of nitrogens with zero attached hydrogens (tertiary/aromatic N) is 7. The molecule has 0 saturated carbocycles. The fourth-order valence-corrected chi connectivity index (χ4v) is 8.58. The van der Waals surface area contributed by atoms with Crippen molar-refractivity contribution in [2.45, 2.75) is 6.18 Å². The molecule has 0 atom stereocenters. The van der Waals surface area contributed by atoms with Crippen LogP contribution < -0.4 is 0 Å². The minimum Gasteiger partial charge on any atom is -0.309 e. The molecule has 0 saturated heterocycles. The van der Waals surface area contributed by atoms with Gasteiger partial charge in [0.05, 0.1) is 85.5 Å². The van der Waals surface area contributed by atoms with E-state index < -0.39 is 11.7 Å². The highest BCUT2D eigenvalue weighted by Crippen LogP contribution is 2.44. The van der Waals surface area contributed by atoms with Crippen LogP contribution in [0, 0.1) is 45.3 Å². The Bertz CT molecular complexity index is 3630. The molecule has 0 amide bonds. The molecule has 3 aromatic heterocycles. The first-order valence-corrected chi connectivity index (χ1v) is 19.3. The molecule has 0 spiro atoms. The standard InChI is InChI=1S/C52H26F3N7/c53-52(54,55)39-11-14-50(61-46-7-3-1-5-40(46)42-23-35(9-12-48(42)61)37-19-31(26-56)17-32(20-37)27-57)44(25-39)45-30-60-16-15-51(45)62-47-8-4-2-6-41(47)43-24-36(10-13-49(43)62)38-21-33(28-58)18-34(22-38)29-59/h1-25,30H. The molecule has 7 nitrogen and oxygen atoms in total. The van der Waals surface area contributed by atoms with Crippen molar-refractivity contribution >= 4 is 43.6 Å². The number of para-hydroxylation sites is 2. The van der Waals surface area contributed by atoms with Gasteiger partial charge in [0.1, 0.15) is 0 Å². The highest BCUT2D eigenvalue weighted by atomic mass is 19.4. The molecule has 0 unspecified atom stereocenters. The van der Waals surface area contributed by atoms with Crippen molar-refractivity contribution in [2.24, 2.45) is 0 Å². The zero-order valence-electron chi connectivity index (χ0n) is 32.3. The van der Waals surface area contributed by atoms with E-state index in [2.05, 4.69) is 29.3 Å². The van der Waals surface area contributed by atoms with Crippen LogP contribution in [0.2, 0.25) is 0 Å². The van der Waals surface area contributed by atoms with Crippen LogP contribution in [0.25, 0.3) is 88.4 Å². The Morgan fingerprint density at radius 3 is 1.34 bits per heavy atom. The van der Waals surface area contributed by atoms with Crippen molar-refractivity contribution in [3.05, 3.63) is 186 Å². The average Bonchev–Trinajstić information content (AvgIpc) is 3.82. The lowest BCUT2D eigenvalue weighted by atomic mass is 9.98. The Hall–Kier alpha value is -8.96. The lowest BCUT2D eigenvalue weighted by Crippen LogP contribution is -2.08. The predicted octanol–water partition coefficient (Wildman–Crippen LogP) is 12.8. The first kappa shape index (κ1) is 37.3. The topological polar surface area (TPSA) is 118 Å². The van der Waals surface area contributed by atoms with E-state index in [1.54, 1.807) is 48.8 Å². The van der Waals surface area contributed by atoms with Crippen molar-refractivity contribution in [1.29, 1.82) is 21.0 Å². The van der Waals surface area contributed by atoms with Crippen LogP contribution in [0.15, 0.2) is 158 Å². The number of fused-ring (bicyclic) bond motifs is 6. The summed E-state index contributed by atoms with van der Waals surface area (Å²) >= 11 is 0. The number of hydrogen-bond acceptors (Lipinski definition) is 5. The molecule has 290 valence electrons. The zero-order valence-corrected chi connectivity index (χ0v) is 32.3. The fraction of sp³-hybridized carbons (Fsp3) is 0.0192. The number of alkyl halides is 3. The van der Waals surface area contributed by atoms with E-state index in [1.165, 1.54) is 18.2 Å². The Kier molecular flexibility index (Phi) is 8.67. The van der Waals surface area contributed by atoms with Gasteiger partial charge in [-0.1, -0.05) is 48.5 Å². The van der Waals surface area contributed by atoms with Gasteiger partial charge < -0.3 is 9.13 Å². The van der Waals surface area contributed by atoms with Gasteiger partial charge in [0.25, 0.3) is 0 Å². The van der Waals surface area contributed by atoms with Gasteiger partial charge in [-0.15, -0.1) is 0 Å². The minimum atomic E-state index is -4.65. The van der Waals surface area contributed by atoms with Crippen LogP contribution >= 0.6 is 0 Å². The summed E-state index contributed by atoms with van der Waals surface area (Å²) in [5.41, 5.74) is 8.55. The van der Waals surface area contributed by atoms with E-state index in [1.807, 2.05) is 94.1 Å². The lowest BCUT2D eigenvalue weighted by molar-refractivity contribution is -0.137. The van der Waals surface area contributed by atoms with Crippen LogP contribution in [0.5, 0.6) is 0 Å². The van der Waals surface area contributed by atoms with Gasteiger partial charge in [-0.2, -0.15) is 34.2 Å². The number of nitriles is 4. The third kappa shape index (κ3) is 6.08. The van der Waals surface area contributed by atoms with E-state index in [-0.39, 0.29) is 0 Å². The fourth-order valence-electron chi connectivity index (χ4n) is 8.58. The largest absolute Gasteiger partial charge is 0.416 e.